The molecule has 23 heavy (non-hydrogen) atoms. The summed E-state index contributed by atoms with van der Waals surface area (Å²) in [6, 6.07) is 23.0. The summed E-state index contributed by atoms with van der Waals surface area (Å²) in [5.41, 5.74) is 2.37. The Balaban J connectivity index is 1.85. The van der Waals surface area contributed by atoms with Crippen molar-refractivity contribution in [1.29, 1.82) is 0 Å². The smallest absolute Gasteiger partial charge is 0.0628 e. The Morgan fingerprint density at radius 1 is 0.957 bits per heavy atom. The summed E-state index contributed by atoms with van der Waals surface area (Å²) in [6.07, 6.45) is 0. The standard InChI is InChI=1S/C20H20BrNO/c1-22(13-15-5-4-8-19(21)11-15)20(14-23)18-10-9-16-6-2-3-7-17(16)12-18/h2-12,20,23H,13-14H2,1H3. The summed E-state index contributed by atoms with van der Waals surface area (Å²) in [7, 11) is 2.05. The molecule has 2 nitrogen and oxygen atoms in total. The van der Waals surface area contributed by atoms with Gasteiger partial charge in [-0.3, -0.25) is 4.90 Å². The minimum absolute atomic E-state index is 0.0152. The van der Waals surface area contributed by atoms with Crippen LogP contribution in [0.25, 0.3) is 10.8 Å². The minimum atomic E-state index is -0.0152. The Bertz CT molecular complexity index is 802. The molecule has 0 aliphatic carbocycles. The van der Waals surface area contributed by atoms with Crippen molar-refractivity contribution in [2.24, 2.45) is 0 Å². The van der Waals surface area contributed by atoms with Crippen molar-refractivity contribution in [3.8, 4) is 0 Å². The molecule has 1 unspecified atom stereocenters. The predicted octanol–water partition coefficient (Wildman–Crippen LogP) is 4.77. The highest BCUT2D eigenvalue weighted by atomic mass is 79.9. The molecule has 0 radical (unpaired) electrons. The maximum atomic E-state index is 9.90. The van der Waals surface area contributed by atoms with Crippen molar-refractivity contribution >= 4 is 26.7 Å². The third-order valence-corrected chi connectivity index (χ3v) is 4.68. The normalized spacial score (nSPS) is 12.7. The molecule has 0 saturated carbocycles. The average Bonchev–Trinajstić information content (AvgIpc) is 2.55. The molecule has 3 rings (SSSR count). The summed E-state index contributed by atoms with van der Waals surface area (Å²) in [4.78, 5) is 2.19. The summed E-state index contributed by atoms with van der Waals surface area (Å²) in [5.74, 6) is 0. The van der Waals surface area contributed by atoms with Gasteiger partial charge >= 0.3 is 0 Å². The van der Waals surface area contributed by atoms with Gasteiger partial charge in [0.1, 0.15) is 0 Å². The van der Waals surface area contributed by atoms with E-state index in [0.29, 0.717) is 0 Å². The number of nitrogens with zero attached hydrogens (tertiary/aromatic N) is 1. The molecule has 118 valence electrons. The second-order valence-electron chi connectivity index (χ2n) is 5.85. The summed E-state index contributed by atoms with van der Waals surface area (Å²) in [5, 5.41) is 12.3. The first kappa shape index (κ1) is 16.2. The van der Waals surface area contributed by atoms with Crippen LogP contribution in [0.2, 0.25) is 0 Å². The molecule has 0 spiro atoms. The summed E-state index contributed by atoms with van der Waals surface area (Å²) < 4.78 is 1.08. The van der Waals surface area contributed by atoms with Crippen molar-refractivity contribution in [3.63, 3.8) is 0 Å². The highest BCUT2D eigenvalue weighted by Crippen LogP contribution is 2.25. The quantitative estimate of drug-likeness (QED) is 0.700. The molecule has 0 amide bonds. The summed E-state index contributed by atoms with van der Waals surface area (Å²) >= 11 is 3.51. The molecule has 0 fully saturated rings. The molecule has 3 heteroatoms. The lowest BCUT2D eigenvalue weighted by Gasteiger charge is -2.27. The van der Waals surface area contributed by atoms with Crippen LogP contribution in [-0.4, -0.2) is 23.7 Å². The lowest BCUT2D eigenvalue weighted by Crippen LogP contribution is -2.26. The first-order valence-corrected chi connectivity index (χ1v) is 8.51. The maximum Gasteiger partial charge on any atom is 0.0628 e. The van der Waals surface area contributed by atoms with E-state index in [-0.39, 0.29) is 12.6 Å². The number of hydrogen-bond acceptors (Lipinski definition) is 2. The largest absolute Gasteiger partial charge is 0.394 e. The fraction of sp³-hybridized carbons (Fsp3) is 0.200. The molecule has 1 atom stereocenters. The van der Waals surface area contributed by atoms with E-state index < -0.39 is 0 Å². The first-order valence-electron chi connectivity index (χ1n) is 7.71. The van der Waals surface area contributed by atoms with E-state index in [1.54, 1.807) is 0 Å². The van der Waals surface area contributed by atoms with Crippen LogP contribution in [-0.2, 0) is 6.54 Å². The SMILES string of the molecule is CN(Cc1cccc(Br)c1)C(CO)c1ccc2ccccc2c1. The van der Waals surface area contributed by atoms with Crippen LogP contribution >= 0.6 is 15.9 Å². The van der Waals surface area contributed by atoms with Crippen LogP contribution in [0.5, 0.6) is 0 Å². The van der Waals surface area contributed by atoms with Gasteiger partial charge in [0.2, 0.25) is 0 Å². The van der Waals surface area contributed by atoms with Gasteiger partial charge in [0.05, 0.1) is 12.6 Å². The number of fused-ring (bicyclic) bond motifs is 1. The predicted molar refractivity (Wildman–Crippen MR) is 99.4 cm³/mol. The second kappa shape index (κ2) is 7.26. The first-order chi connectivity index (χ1) is 11.2. The molecule has 0 bridgehead atoms. The zero-order valence-electron chi connectivity index (χ0n) is 13.1. The molecule has 0 heterocycles. The third kappa shape index (κ3) is 3.81. The van der Waals surface area contributed by atoms with Crippen LogP contribution in [0.1, 0.15) is 17.2 Å². The number of aliphatic hydroxyl groups is 1. The molecule has 0 aliphatic rings. The van der Waals surface area contributed by atoms with Gasteiger partial charge in [-0.2, -0.15) is 0 Å². The van der Waals surface area contributed by atoms with Crippen molar-refractivity contribution in [2.75, 3.05) is 13.7 Å². The van der Waals surface area contributed by atoms with E-state index >= 15 is 0 Å². The summed E-state index contributed by atoms with van der Waals surface area (Å²) in [6.45, 7) is 0.889. The van der Waals surface area contributed by atoms with Crippen LogP contribution in [0, 0.1) is 0 Å². The average molecular weight is 370 g/mol. The Morgan fingerprint density at radius 3 is 2.48 bits per heavy atom. The van der Waals surface area contributed by atoms with Gasteiger partial charge in [-0.1, -0.05) is 64.5 Å². The Hall–Kier alpha value is -1.68. The van der Waals surface area contributed by atoms with Crippen LogP contribution in [0.3, 0.4) is 0 Å². The van der Waals surface area contributed by atoms with Gasteiger partial charge in [-0.05, 0) is 47.1 Å². The van der Waals surface area contributed by atoms with E-state index in [9.17, 15) is 5.11 Å². The lowest BCUT2D eigenvalue weighted by molar-refractivity contribution is 0.142. The van der Waals surface area contributed by atoms with Crippen molar-refractivity contribution < 1.29 is 5.11 Å². The van der Waals surface area contributed by atoms with Crippen LogP contribution in [0.4, 0.5) is 0 Å². The molecular weight excluding hydrogens is 350 g/mol. The van der Waals surface area contributed by atoms with E-state index in [4.69, 9.17) is 0 Å². The Kier molecular flexibility index (Phi) is 5.11. The van der Waals surface area contributed by atoms with Gasteiger partial charge in [0.15, 0.2) is 0 Å². The topological polar surface area (TPSA) is 23.5 Å². The Morgan fingerprint density at radius 2 is 1.74 bits per heavy atom. The number of halogens is 1. The van der Waals surface area contributed by atoms with Crippen LogP contribution < -0.4 is 0 Å². The zero-order valence-corrected chi connectivity index (χ0v) is 14.7. The lowest BCUT2D eigenvalue weighted by atomic mass is 10.0. The van der Waals surface area contributed by atoms with Gasteiger partial charge < -0.3 is 5.11 Å². The number of rotatable bonds is 5. The van der Waals surface area contributed by atoms with E-state index in [2.05, 4.69) is 70.3 Å². The molecular formula is C20H20BrNO. The zero-order chi connectivity index (χ0) is 16.2. The van der Waals surface area contributed by atoms with Gasteiger partial charge in [-0.15, -0.1) is 0 Å². The van der Waals surface area contributed by atoms with Crippen LogP contribution in [0.15, 0.2) is 71.2 Å². The maximum absolute atomic E-state index is 9.90. The molecule has 0 aromatic heterocycles. The van der Waals surface area contributed by atoms with E-state index in [0.717, 1.165) is 16.6 Å². The number of benzene rings is 3. The molecule has 0 saturated heterocycles. The fourth-order valence-corrected chi connectivity index (χ4v) is 3.39. The molecule has 0 aliphatic heterocycles. The minimum Gasteiger partial charge on any atom is -0.394 e. The second-order valence-corrected chi connectivity index (χ2v) is 6.77. The van der Waals surface area contributed by atoms with Gasteiger partial charge in [0, 0.05) is 11.0 Å². The van der Waals surface area contributed by atoms with Crippen molar-refractivity contribution in [1.82, 2.24) is 4.90 Å². The highest BCUT2D eigenvalue weighted by Gasteiger charge is 2.16. The van der Waals surface area contributed by atoms with Crippen molar-refractivity contribution in [2.45, 2.75) is 12.6 Å². The van der Waals surface area contributed by atoms with Gasteiger partial charge in [0.25, 0.3) is 0 Å². The molecule has 3 aromatic carbocycles. The fourth-order valence-electron chi connectivity index (χ4n) is 2.95. The highest BCUT2D eigenvalue weighted by molar-refractivity contribution is 9.10. The van der Waals surface area contributed by atoms with Gasteiger partial charge in [-0.25, -0.2) is 0 Å². The monoisotopic (exact) mass is 369 g/mol. The molecule has 3 aromatic rings. The Labute approximate surface area is 145 Å². The number of likely N-dealkylation sites (N-methyl/N-ethyl adjacent to an activating group) is 1. The molecule has 1 N–H and O–H groups in total. The number of hydrogen-bond donors (Lipinski definition) is 1. The third-order valence-electron chi connectivity index (χ3n) is 4.18. The van der Waals surface area contributed by atoms with E-state index in [1.807, 2.05) is 24.3 Å². The number of aliphatic hydroxyl groups excluding tert-OH is 1. The van der Waals surface area contributed by atoms with Crippen molar-refractivity contribution in [3.05, 3.63) is 82.3 Å². The van der Waals surface area contributed by atoms with E-state index in [1.165, 1.54) is 16.3 Å².